The first-order chi connectivity index (χ1) is 13.9. The normalized spacial score (nSPS) is 11.0. The van der Waals surface area contributed by atoms with E-state index >= 15 is 0 Å². The third-order valence-corrected chi connectivity index (χ3v) is 5.54. The molecule has 3 aromatic heterocycles. The molecule has 0 saturated heterocycles. The largest absolute Gasteiger partial charge is 0.433 e. The molecule has 9 heteroatoms. The van der Waals surface area contributed by atoms with Crippen molar-refractivity contribution in [2.45, 2.75) is 20.4 Å². The van der Waals surface area contributed by atoms with E-state index in [1.54, 1.807) is 18.3 Å². The zero-order valence-electron chi connectivity index (χ0n) is 15.7. The van der Waals surface area contributed by atoms with E-state index in [-0.39, 0.29) is 12.3 Å². The van der Waals surface area contributed by atoms with E-state index in [0.717, 1.165) is 27.4 Å². The Balaban J connectivity index is 1.77. The Morgan fingerprint density at radius 1 is 1.21 bits per heavy atom. The predicted octanol–water partition coefficient (Wildman–Crippen LogP) is 4.66. The highest BCUT2D eigenvalue weighted by Crippen LogP contribution is 2.32. The lowest BCUT2D eigenvalue weighted by Gasteiger charge is -2.18. The number of rotatable bonds is 5. The monoisotopic (exact) mass is 408 g/mol. The highest BCUT2D eigenvalue weighted by Gasteiger charge is 2.26. The van der Waals surface area contributed by atoms with Crippen molar-refractivity contribution in [3.8, 4) is 0 Å². The van der Waals surface area contributed by atoms with Crippen LogP contribution in [0.15, 0.2) is 53.1 Å². The summed E-state index contributed by atoms with van der Waals surface area (Å²) in [5, 5.41) is 11.4. The summed E-state index contributed by atoms with van der Waals surface area (Å²) in [6.45, 7) is 4.19. The standard InChI is InChI=1S/C20H16N4O4S/c1-12-9-15-17(10-13(12)2)29-20(22-15)23(11-14-5-3-4-8-21-14)19(25)16-6-7-18(28-16)24(26)27/h3-10H,11H2,1-2H3. The number of hydrogen-bond donors (Lipinski definition) is 0. The third-order valence-electron chi connectivity index (χ3n) is 4.50. The van der Waals surface area contributed by atoms with Gasteiger partial charge in [0, 0.05) is 6.20 Å². The number of nitrogens with zero attached hydrogens (tertiary/aromatic N) is 4. The van der Waals surface area contributed by atoms with Gasteiger partial charge in [0.15, 0.2) is 10.9 Å². The van der Waals surface area contributed by atoms with Crippen LogP contribution >= 0.6 is 11.3 Å². The molecule has 146 valence electrons. The van der Waals surface area contributed by atoms with Crippen LogP contribution in [0.25, 0.3) is 10.2 Å². The van der Waals surface area contributed by atoms with Crippen molar-refractivity contribution in [3.05, 3.63) is 81.4 Å². The molecule has 8 nitrogen and oxygen atoms in total. The van der Waals surface area contributed by atoms with Gasteiger partial charge >= 0.3 is 5.88 Å². The number of amides is 1. The summed E-state index contributed by atoms with van der Waals surface area (Å²) in [5.41, 5.74) is 3.70. The number of furan rings is 1. The lowest BCUT2D eigenvalue weighted by atomic mass is 10.1. The number of pyridine rings is 1. The minimum Gasteiger partial charge on any atom is -0.395 e. The molecule has 1 amide bonds. The van der Waals surface area contributed by atoms with Crippen LogP contribution in [0, 0.1) is 24.0 Å². The van der Waals surface area contributed by atoms with E-state index < -0.39 is 16.7 Å². The van der Waals surface area contributed by atoms with Crippen molar-refractivity contribution < 1.29 is 14.1 Å². The summed E-state index contributed by atoms with van der Waals surface area (Å²) in [6.07, 6.45) is 1.64. The summed E-state index contributed by atoms with van der Waals surface area (Å²) >= 11 is 1.37. The fourth-order valence-corrected chi connectivity index (χ4v) is 3.88. The molecule has 0 saturated carbocycles. The number of benzene rings is 1. The van der Waals surface area contributed by atoms with Gasteiger partial charge in [0.2, 0.25) is 0 Å². The van der Waals surface area contributed by atoms with Crippen LogP contribution in [-0.4, -0.2) is 20.8 Å². The van der Waals surface area contributed by atoms with Crippen molar-refractivity contribution in [2.75, 3.05) is 4.90 Å². The number of hydrogen-bond acceptors (Lipinski definition) is 7. The summed E-state index contributed by atoms with van der Waals surface area (Å²) in [4.78, 5) is 33.7. The molecule has 1 aromatic carbocycles. The Hall–Kier alpha value is -3.59. The van der Waals surface area contributed by atoms with E-state index in [4.69, 9.17) is 4.42 Å². The summed E-state index contributed by atoms with van der Waals surface area (Å²) in [7, 11) is 0. The second-order valence-corrected chi connectivity index (χ2v) is 7.52. The maximum atomic E-state index is 13.1. The molecule has 0 N–H and O–H groups in total. The van der Waals surface area contributed by atoms with Gasteiger partial charge in [0.25, 0.3) is 5.91 Å². The second-order valence-electron chi connectivity index (χ2n) is 6.51. The van der Waals surface area contributed by atoms with E-state index in [9.17, 15) is 14.9 Å². The zero-order valence-corrected chi connectivity index (χ0v) is 16.5. The van der Waals surface area contributed by atoms with Crippen LogP contribution < -0.4 is 4.90 Å². The van der Waals surface area contributed by atoms with Crippen LogP contribution in [0.4, 0.5) is 11.0 Å². The van der Waals surface area contributed by atoms with E-state index in [1.165, 1.54) is 22.3 Å². The first-order valence-electron chi connectivity index (χ1n) is 8.76. The minimum absolute atomic E-state index is 0.126. The fraction of sp³-hybridized carbons (Fsp3) is 0.150. The van der Waals surface area contributed by atoms with Gasteiger partial charge in [-0.15, -0.1) is 0 Å². The number of aryl methyl sites for hydroxylation is 2. The molecule has 0 aliphatic rings. The molecule has 0 spiro atoms. The molecule has 0 aliphatic heterocycles. The van der Waals surface area contributed by atoms with E-state index in [0.29, 0.717) is 10.8 Å². The first kappa shape index (κ1) is 18.8. The molecule has 29 heavy (non-hydrogen) atoms. The number of aromatic nitrogens is 2. The lowest BCUT2D eigenvalue weighted by Crippen LogP contribution is -2.30. The maximum absolute atomic E-state index is 13.1. The molecule has 4 rings (SSSR count). The molecule has 0 unspecified atom stereocenters. The number of anilines is 1. The van der Waals surface area contributed by atoms with Gasteiger partial charge in [-0.1, -0.05) is 17.4 Å². The van der Waals surface area contributed by atoms with Gasteiger partial charge in [-0.25, -0.2) is 4.98 Å². The highest BCUT2D eigenvalue weighted by atomic mass is 32.1. The first-order valence-corrected chi connectivity index (χ1v) is 9.58. The second kappa shape index (κ2) is 7.44. The molecule has 0 fully saturated rings. The number of carbonyl (C=O) groups is 1. The number of carbonyl (C=O) groups excluding carboxylic acids is 1. The van der Waals surface area contributed by atoms with E-state index in [1.807, 2.05) is 32.0 Å². The van der Waals surface area contributed by atoms with Crippen molar-refractivity contribution in [1.29, 1.82) is 0 Å². The molecule has 4 aromatic rings. The Bertz CT molecular complexity index is 1180. The Morgan fingerprint density at radius 2 is 2.00 bits per heavy atom. The lowest BCUT2D eigenvalue weighted by molar-refractivity contribution is -0.402. The minimum atomic E-state index is -0.677. The maximum Gasteiger partial charge on any atom is 0.433 e. The van der Waals surface area contributed by atoms with Crippen molar-refractivity contribution in [2.24, 2.45) is 0 Å². The molecule has 0 bridgehead atoms. The van der Waals surface area contributed by atoms with Crippen molar-refractivity contribution >= 4 is 38.5 Å². The molecule has 3 heterocycles. The summed E-state index contributed by atoms with van der Waals surface area (Å²) < 4.78 is 6.08. The molecule has 0 aliphatic carbocycles. The van der Waals surface area contributed by atoms with Gasteiger partial charge in [-0.3, -0.25) is 24.8 Å². The van der Waals surface area contributed by atoms with Gasteiger partial charge in [0.1, 0.15) is 4.92 Å². The van der Waals surface area contributed by atoms with E-state index in [2.05, 4.69) is 9.97 Å². The van der Waals surface area contributed by atoms with Crippen LogP contribution in [-0.2, 0) is 6.54 Å². The van der Waals surface area contributed by atoms with Crippen molar-refractivity contribution in [3.63, 3.8) is 0 Å². The predicted molar refractivity (Wildman–Crippen MR) is 109 cm³/mol. The van der Waals surface area contributed by atoms with Crippen LogP contribution in [0.3, 0.4) is 0 Å². The smallest absolute Gasteiger partial charge is 0.395 e. The Kier molecular flexibility index (Phi) is 4.81. The number of fused-ring (bicyclic) bond motifs is 1. The number of nitro groups is 1. The topological polar surface area (TPSA) is 102 Å². The average molecular weight is 408 g/mol. The Morgan fingerprint density at radius 3 is 2.69 bits per heavy atom. The Labute approximate surface area is 169 Å². The molecule has 0 atom stereocenters. The summed E-state index contributed by atoms with van der Waals surface area (Å²) in [6, 6.07) is 11.9. The van der Waals surface area contributed by atoms with Crippen LogP contribution in [0.1, 0.15) is 27.4 Å². The average Bonchev–Trinajstić information content (AvgIpc) is 3.34. The van der Waals surface area contributed by atoms with Gasteiger partial charge in [-0.2, -0.15) is 0 Å². The highest BCUT2D eigenvalue weighted by molar-refractivity contribution is 7.22. The molecular weight excluding hydrogens is 392 g/mol. The van der Waals surface area contributed by atoms with Gasteiger partial charge in [0.05, 0.1) is 28.5 Å². The third kappa shape index (κ3) is 3.72. The quantitative estimate of drug-likeness (QED) is 0.352. The molecular formula is C20H16N4O4S. The molecule has 0 radical (unpaired) electrons. The van der Waals surface area contributed by atoms with Crippen molar-refractivity contribution in [1.82, 2.24) is 9.97 Å². The zero-order chi connectivity index (χ0) is 20.5. The number of thiazole rings is 1. The van der Waals surface area contributed by atoms with Gasteiger partial charge < -0.3 is 4.42 Å². The fourth-order valence-electron chi connectivity index (χ4n) is 2.84. The van der Waals surface area contributed by atoms with Crippen LogP contribution in [0.5, 0.6) is 0 Å². The van der Waals surface area contributed by atoms with Gasteiger partial charge in [-0.05, 0) is 55.3 Å². The summed E-state index contributed by atoms with van der Waals surface area (Å²) in [5.74, 6) is -1.13. The van der Waals surface area contributed by atoms with Crippen LogP contribution in [0.2, 0.25) is 0 Å². The SMILES string of the molecule is Cc1cc2nc(N(Cc3ccccn3)C(=O)c3ccc([N+](=O)[O-])o3)sc2cc1C.